The molecule has 0 aliphatic carbocycles. The Bertz CT molecular complexity index is 772. The van der Waals surface area contributed by atoms with E-state index >= 15 is 0 Å². The molecule has 10 heteroatoms. The second-order valence-corrected chi connectivity index (χ2v) is 8.08. The molecule has 1 aromatic carbocycles. The number of guanidine groups is 1. The minimum atomic E-state index is -3.44. The maximum Gasteiger partial charge on any atom is 0.409 e. The van der Waals surface area contributed by atoms with Gasteiger partial charge in [-0.1, -0.05) is 12.1 Å². The third-order valence-electron chi connectivity index (χ3n) is 4.35. The van der Waals surface area contributed by atoms with Crippen molar-refractivity contribution in [3.8, 4) is 0 Å². The molecule has 1 aliphatic rings. The molecule has 2 N–H and O–H groups in total. The molecule has 9 nitrogen and oxygen atoms in total. The molecule has 2 rings (SSSR count). The minimum absolute atomic E-state index is 0.227. The van der Waals surface area contributed by atoms with Crippen molar-refractivity contribution in [3.05, 3.63) is 29.8 Å². The minimum Gasteiger partial charge on any atom is -0.450 e. The summed E-state index contributed by atoms with van der Waals surface area (Å²) in [5, 5.41) is 3.27. The Kier molecular flexibility index (Phi) is 8.06. The van der Waals surface area contributed by atoms with Crippen LogP contribution < -0.4 is 10.0 Å². The first-order chi connectivity index (χ1) is 13.4. The third-order valence-corrected chi connectivity index (χ3v) is 5.78. The van der Waals surface area contributed by atoms with Crippen LogP contribution in [0, 0.1) is 0 Å². The van der Waals surface area contributed by atoms with Gasteiger partial charge in [0, 0.05) is 32.7 Å². The van der Waals surface area contributed by atoms with Gasteiger partial charge in [0.25, 0.3) is 0 Å². The number of hydrogen-bond donors (Lipinski definition) is 2. The lowest BCUT2D eigenvalue weighted by Gasteiger charge is -2.35. The topological polar surface area (TPSA) is 103 Å². The first-order valence-electron chi connectivity index (χ1n) is 9.38. The predicted octanol–water partition coefficient (Wildman–Crippen LogP) is 0.834. The molecule has 0 bridgehead atoms. The number of sulfonamides is 1. The molecule has 156 valence electrons. The number of nitrogens with zero attached hydrogens (tertiary/aromatic N) is 3. The van der Waals surface area contributed by atoms with Crippen LogP contribution in [0.25, 0.3) is 0 Å². The molecule has 1 amide bonds. The molecule has 0 atom stereocenters. The van der Waals surface area contributed by atoms with Crippen molar-refractivity contribution in [1.29, 1.82) is 0 Å². The first kappa shape index (κ1) is 22.0. The van der Waals surface area contributed by atoms with Crippen molar-refractivity contribution in [2.24, 2.45) is 4.99 Å². The van der Waals surface area contributed by atoms with E-state index in [2.05, 4.69) is 19.9 Å². The van der Waals surface area contributed by atoms with Crippen LogP contribution in [0.5, 0.6) is 0 Å². The quantitative estimate of drug-likeness (QED) is 0.531. The molecule has 0 spiro atoms. The van der Waals surface area contributed by atoms with Crippen molar-refractivity contribution in [3.63, 3.8) is 0 Å². The summed E-state index contributed by atoms with van der Waals surface area (Å²) in [6.07, 6.45) is -0.277. The zero-order valence-corrected chi connectivity index (χ0v) is 17.5. The zero-order chi connectivity index (χ0) is 20.6. The van der Waals surface area contributed by atoms with Crippen molar-refractivity contribution in [2.75, 3.05) is 46.4 Å². The second kappa shape index (κ2) is 10.3. The lowest BCUT2D eigenvalue weighted by atomic mass is 10.2. The molecule has 0 aromatic heterocycles. The molecule has 1 aromatic rings. The highest BCUT2D eigenvalue weighted by Gasteiger charge is 2.23. The van der Waals surface area contributed by atoms with Crippen LogP contribution in [0.2, 0.25) is 0 Å². The SMILES string of the molecule is CCNC(=NCc1ccc(S(=O)(=O)NC)cc1)N1CCN(C(=O)OCC)CC1. The number of nitrogens with one attached hydrogen (secondary N) is 2. The summed E-state index contributed by atoms with van der Waals surface area (Å²) in [6.45, 7) is 7.84. The lowest BCUT2D eigenvalue weighted by Crippen LogP contribution is -2.53. The molecule has 1 heterocycles. The fourth-order valence-electron chi connectivity index (χ4n) is 2.80. The van der Waals surface area contributed by atoms with Gasteiger partial charge in [0.2, 0.25) is 10.0 Å². The Balaban J connectivity index is 2.00. The smallest absolute Gasteiger partial charge is 0.409 e. The third kappa shape index (κ3) is 5.83. The molecular weight excluding hydrogens is 382 g/mol. The molecule has 28 heavy (non-hydrogen) atoms. The molecule has 0 unspecified atom stereocenters. The number of ether oxygens (including phenoxy) is 1. The fourth-order valence-corrected chi connectivity index (χ4v) is 3.53. The molecule has 0 saturated carbocycles. The van der Waals surface area contributed by atoms with E-state index in [1.54, 1.807) is 36.1 Å². The van der Waals surface area contributed by atoms with Gasteiger partial charge >= 0.3 is 6.09 Å². The Morgan fingerprint density at radius 2 is 1.71 bits per heavy atom. The molecular formula is C18H29N5O4S. The van der Waals surface area contributed by atoms with Crippen LogP contribution in [0.1, 0.15) is 19.4 Å². The van der Waals surface area contributed by atoms with Gasteiger partial charge in [0.1, 0.15) is 0 Å². The van der Waals surface area contributed by atoms with E-state index < -0.39 is 10.0 Å². The highest BCUT2D eigenvalue weighted by atomic mass is 32.2. The number of hydrogen-bond acceptors (Lipinski definition) is 5. The summed E-state index contributed by atoms with van der Waals surface area (Å²) in [7, 11) is -2.05. The highest BCUT2D eigenvalue weighted by molar-refractivity contribution is 7.89. The number of carbonyl (C=O) groups excluding carboxylic acids is 1. The number of rotatable bonds is 6. The van der Waals surface area contributed by atoms with Gasteiger partial charge in [-0.05, 0) is 38.6 Å². The largest absolute Gasteiger partial charge is 0.450 e. The van der Waals surface area contributed by atoms with Gasteiger partial charge in [-0.15, -0.1) is 0 Å². The van der Waals surface area contributed by atoms with Gasteiger partial charge < -0.3 is 19.9 Å². The Morgan fingerprint density at radius 1 is 1.11 bits per heavy atom. The van der Waals surface area contributed by atoms with E-state index in [1.165, 1.54) is 7.05 Å². The highest BCUT2D eigenvalue weighted by Crippen LogP contribution is 2.11. The van der Waals surface area contributed by atoms with Gasteiger partial charge in [-0.25, -0.2) is 22.9 Å². The average Bonchev–Trinajstić information content (AvgIpc) is 2.71. The summed E-state index contributed by atoms with van der Waals surface area (Å²) < 4.78 is 30.9. The van der Waals surface area contributed by atoms with Crippen LogP contribution in [0.3, 0.4) is 0 Å². The van der Waals surface area contributed by atoms with E-state index in [0.717, 1.165) is 18.1 Å². The van der Waals surface area contributed by atoms with Gasteiger partial charge in [-0.3, -0.25) is 0 Å². The standard InChI is InChI=1S/C18H29N5O4S/c1-4-20-17(22-10-12-23(13-11-22)18(24)27-5-2)21-14-15-6-8-16(9-7-15)28(25,26)19-3/h6-9,19H,4-5,10-14H2,1-3H3,(H,20,21). The predicted molar refractivity (Wildman–Crippen MR) is 108 cm³/mol. The van der Waals surface area contributed by atoms with E-state index in [-0.39, 0.29) is 11.0 Å². The molecule has 0 radical (unpaired) electrons. The molecule has 1 saturated heterocycles. The lowest BCUT2D eigenvalue weighted by molar-refractivity contribution is 0.0914. The maximum absolute atomic E-state index is 11.8. The Labute approximate surface area is 166 Å². The summed E-state index contributed by atoms with van der Waals surface area (Å²) >= 11 is 0. The summed E-state index contributed by atoms with van der Waals surface area (Å²) in [6, 6.07) is 6.66. The van der Waals surface area contributed by atoms with Crippen molar-refractivity contribution in [1.82, 2.24) is 19.8 Å². The summed E-state index contributed by atoms with van der Waals surface area (Å²) in [5.74, 6) is 0.776. The van der Waals surface area contributed by atoms with Gasteiger partial charge in [0.15, 0.2) is 5.96 Å². The number of amides is 1. The van der Waals surface area contributed by atoms with Crippen molar-refractivity contribution < 1.29 is 17.9 Å². The van der Waals surface area contributed by atoms with Gasteiger partial charge in [0.05, 0.1) is 18.0 Å². The molecule has 1 aliphatic heterocycles. The molecule has 1 fully saturated rings. The van der Waals surface area contributed by atoms with Crippen LogP contribution >= 0.6 is 0 Å². The fraction of sp³-hybridized carbons (Fsp3) is 0.556. The summed E-state index contributed by atoms with van der Waals surface area (Å²) in [5.41, 5.74) is 0.913. The summed E-state index contributed by atoms with van der Waals surface area (Å²) in [4.78, 5) is 20.5. The van der Waals surface area contributed by atoms with Gasteiger partial charge in [-0.2, -0.15) is 0 Å². The van der Waals surface area contributed by atoms with E-state index in [9.17, 15) is 13.2 Å². The average molecular weight is 412 g/mol. The normalized spacial score (nSPS) is 15.5. The van der Waals surface area contributed by atoms with E-state index in [4.69, 9.17) is 4.74 Å². The zero-order valence-electron chi connectivity index (χ0n) is 16.6. The Morgan fingerprint density at radius 3 is 2.25 bits per heavy atom. The van der Waals surface area contributed by atoms with Crippen molar-refractivity contribution >= 4 is 22.1 Å². The second-order valence-electron chi connectivity index (χ2n) is 6.19. The number of benzene rings is 1. The monoisotopic (exact) mass is 411 g/mol. The first-order valence-corrected chi connectivity index (χ1v) is 10.9. The number of piperazine rings is 1. The van der Waals surface area contributed by atoms with Crippen molar-refractivity contribution in [2.45, 2.75) is 25.3 Å². The Hall–Kier alpha value is -2.33. The van der Waals surface area contributed by atoms with Crippen LogP contribution in [0.4, 0.5) is 4.79 Å². The van der Waals surface area contributed by atoms with Crippen LogP contribution in [0.15, 0.2) is 34.2 Å². The van der Waals surface area contributed by atoms with E-state index in [0.29, 0.717) is 39.3 Å². The van der Waals surface area contributed by atoms with Crippen LogP contribution in [-0.4, -0.2) is 76.6 Å². The maximum atomic E-state index is 11.8. The van der Waals surface area contributed by atoms with Crippen LogP contribution in [-0.2, 0) is 21.3 Å². The van der Waals surface area contributed by atoms with E-state index in [1.807, 2.05) is 6.92 Å². The number of aliphatic imine (C=N–C) groups is 1. The number of carbonyl (C=O) groups is 1.